The van der Waals surface area contributed by atoms with Gasteiger partial charge in [-0.3, -0.25) is 52.7 Å². The van der Waals surface area contributed by atoms with E-state index >= 15 is 0 Å². The molecule has 11 atom stereocenters. The number of ether oxygens (including phenoxy) is 1. The van der Waals surface area contributed by atoms with Gasteiger partial charge in [0.15, 0.2) is 6.10 Å². The van der Waals surface area contributed by atoms with Crippen LogP contribution in [0.2, 0.25) is 0 Å². The molecule has 1 aromatic rings. The molecule has 1 aromatic carbocycles. The fourth-order valence-corrected chi connectivity index (χ4v) is 10.7. The molecule has 24 nitrogen and oxygen atoms in total. The van der Waals surface area contributed by atoms with Crippen molar-refractivity contribution in [1.82, 2.24) is 45.8 Å². The Morgan fingerprint density at radius 1 is 0.630 bits per heavy atom. The van der Waals surface area contributed by atoms with Crippen LogP contribution in [0.1, 0.15) is 132 Å². The second kappa shape index (κ2) is 30.6. The van der Waals surface area contributed by atoms with Crippen LogP contribution in [0, 0.1) is 23.7 Å². The fourth-order valence-electron chi connectivity index (χ4n) is 10.7. The third-order valence-corrected chi connectivity index (χ3v) is 16.1. The van der Waals surface area contributed by atoms with Crippen molar-refractivity contribution in [2.45, 2.75) is 187 Å². The van der Waals surface area contributed by atoms with Gasteiger partial charge in [-0.2, -0.15) is 0 Å². The first kappa shape index (κ1) is 66.4. The number of hydrogen-bond donors (Lipinski definition) is 6. The summed E-state index contributed by atoms with van der Waals surface area (Å²) in [4.78, 5) is 176. The fraction of sp³-hybridized carbons (Fsp3) is 0.684. The van der Waals surface area contributed by atoms with E-state index in [2.05, 4.69) is 21.3 Å². The largest absolute Gasteiger partial charge is 0.481 e. The molecule has 3 heterocycles. The van der Waals surface area contributed by atoms with E-state index in [1.54, 1.807) is 85.7 Å². The van der Waals surface area contributed by atoms with Crippen LogP contribution in [-0.2, 0) is 68.7 Å². The highest BCUT2D eigenvalue weighted by molar-refractivity contribution is 5.99. The normalized spacial score (nSPS) is 27.0. The number of likely N-dealkylation sites (N-methyl/N-ethyl adjacent to an activating group) is 3. The van der Waals surface area contributed by atoms with Gasteiger partial charge in [0.2, 0.25) is 53.2 Å². The number of piperidine rings is 1. The first-order chi connectivity index (χ1) is 38.2. The predicted octanol–water partition coefficient (Wildman–Crippen LogP) is 1.11. The molecule has 3 fully saturated rings. The highest BCUT2D eigenvalue weighted by Gasteiger charge is 2.45. The summed E-state index contributed by atoms with van der Waals surface area (Å²) in [5.74, 6) is -12.2. The van der Waals surface area contributed by atoms with E-state index in [-0.39, 0.29) is 51.6 Å². The van der Waals surface area contributed by atoms with Gasteiger partial charge in [0, 0.05) is 59.4 Å². The Labute approximate surface area is 475 Å². The lowest BCUT2D eigenvalue weighted by atomic mass is 9.93. The molecule has 0 bridgehead atoms. The summed E-state index contributed by atoms with van der Waals surface area (Å²) in [5, 5.41) is 20.8. The molecule has 0 aromatic heterocycles. The lowest BCUT2D eigenvalue weighted by Gasteiger charge is -2.40. The zero-order valence-electron chi connectivity index (χ0n) is 49.1. The number of rotatable bonds is 14. The van der Waals surface area contributed by atoms with Crippen LogP contribution in [0.15, 0.2) is 30.3 Å². The van der Waals surface area contributed by atoms with Gasteiger partial charge in [-0.25, -0.2) is 4.79 Å². The minimum atomic E-state index is -1.60. The molecule has 10 amide bonds. The van der Waals surface area contributed by atoms with Crippen LogP contribution in [0.25, 0.3) is 0 Å². The van der Waals surface area contributed by atoms with Crippen molar-refractivity contribution in [3.05, 3.63) is 35.9 Å². The zero-order valence-corrected chi connectivity index (χ0v) is 49.1. The Kier molecular flexibility index (Phi) is 25.1. The van der Waals surface area contributed by atoms with E-state index in [0.29, 0.717) is 31.2 Å². The standard InChI is InChI=1S/C57H88N10O14/c1-12-34(7)46-55(78)67-28-18-17-22-40(67)51(74)61-45(32(3)4)54(77)64(10)41(25-27-44(70)71)57(80)81-48(35(8)13-2)52(75)60-37(30-36-20-15-14-16-21-36)53(76)66-29-19-23-39(66)49(72)59-31-43(69)65(11)47(33(5)6)56(79)63(9)38(50(73)62-46)24-26-42(58)68/h14-16,20-21,32-35,37-41,45-48H,12-13,17-19,22-31H2,1-11H3,(H2,58,68)(H,59,72)(H,60,75)(H,61,74)(H,62,73)(H,70,71)/t34-,35+,37-,38-,39-,40+,41-,45-,46+,47-,48+/m0/s1. The number of carbonyl (C=O) groups excluding carboxylic acids is 11. The number of primary amides is 1. The minimum absolute atomic E-state index is 0.0587. The Morgan fingerprint density at radius 2 is 1.20 bits per heavy atom. The molecule has 24 heteroatoms. The number of nitrogens with one attached hydrogen (secondary N) is 4. The van der Waals surface area contributed by atoms with E-state index in [4.69, 9.17) is 10.5 Å². The number of hydrogen-bond acceptors (Lipinski definition) is 13. The Bertz CT molecular complexity index is 2440. The monoisotopic (exact) mass is 1140 g/mol. The molecule has 0 saturated carbocycles. The number of fused-ring (bicyclic) bond motifs is 2. The highest BCUT2D eigenvalue weighted by atomic mass is 16.6. The lowest BCUT2D eigenvalue weighted by Crippen LogP contribution is -2.63. The van der Waals surface area contributed by atoms with Crippen molar-refractivity contribution in [2.24, 2.45) is 29.4 Å². The number of benzene rings is 1. The molecule has 7 N–H and O–H groups in total. The summed E-state index contributed by atoms with van der Waals surface area (Å²) >= 11 is 0. The average Bonchev–Trinajstić information content (AvgIpc) is 3.96. The van der Waals surface area contributed by atoms with Gasteiger partial charge in [0.05, 0.1) is 6.54 Å². The van der Waals surface area contributed by atoms with Gasteiger partial charge in [-0.1, -0.05) is 92.1 Å². The number of cyclic esters (lactones) is 1. The minimum Gasteiger partial charge on any atom is -0.481 e. The van der Waals surface area contributed by atoms with Gasteiger partial charge in [-0.15, -0.1) is 0 Å². The number of aliphatic carboxylic acids is 1. The van der Waals surface area contributed by atoms with E-state index in [1.165, 1.54) is 30.9 Å². The molecule has 450 valence electrons. The second-order valence-corrected chi connectivity index (χ2v) is 22.6. The van der Waals surface area contributed by atoms with Crippen LogP contribution in [0.5, 0.6) is 0 Å². The molecular formula is C57H88N10O14. The van der Waals surface area contributed by atoms with Crippen molar-refractivity contribution in [3.8, 4) is 0 Å². The molecule has 3 aliphatic heterocycles. The zero-order chi connectivity index (χ0) is 60.6. The molecule has 4 rings (SSSR count). The molecule has 0 radical (unpaired) electrons. The van der Waals surface area contributed by atoms with Gasteiger partial charge in [0.25, 0.3) is 5.91 Å². The van der Waals surface area contributed by atoms with E-state index in [1.807, 2.05) is 0 Å². The molecule has 81 heavy (non-hydrogen) atoms. The quantitative estimate of drug-likeness (QED) is 0.142. The first-order valence-electron chi connectivity index (χ1n) is 28.5. The summed E-state index contributed by atoms with van der Waals surface area (Å²) < 4.78 is 5.97. The number of amides is 10. The van der Waals surface area contributed by atoms with Gasteiger partial charge < -0.3 is 61.3 Å². The molecule has 0 unspecified atom stereocenters. The summed E-state index contributed by atoms with van der Waals surface area (Å²) in [6, 6.07) is -1.65. The molecular weight excluding hydrogens is 1050 g/mol. The number of nitrogens with two attached hydrogens (primary N) is 1. The molecule has 0 spiro atoms. The number of carboxylic acids is 1. The van der Waals surface area contributed by atoms with E-state index in [0.717, 1.165) is 14.7 Å². The highest BCUT2D eigenvalue weighted by Crippen LogP contribution is 2.26. The van der Waals surface area contributed by atoms with Crippen LogP contribution in [0.3, 0.4) is 0 Å². The maximum Gasteiger partial charge on any atom is 0.329 e. The summed E-state index contributed by atoms with van der Waals surface area (Å²) in [5.41, 5.74) is 6.20. The van der Waals surface area contributed by atoms with Crippen molar-refractivity contribution < 1.29 is 67.4 Å². The topological polar surface area (TPSA) is 325 Å². The Hall–Kier alpha value is -7.14. The third-order valence-electron chi connectivity index (χ3n) is 16.1. The SMILES string of the molecule is CC[C@@H](C)[C@H]1OC(=O)[C@H](CCC(=O)O)N(C)C(=O)[C@H](C(C)C)NC(=O)[C@H]2CCCCN2C(=O)[C@@H]([C@@H](C)CC)NC(=O)[C@H](CCC(N)=O)N(C)C(=O)[C@H](C(C)C)N(C)C(=O)CNC(=O)[C@@H]2CCCN2C(=O)[C@H](Cc2ccccc2)NC1=O. The number of esters is 1. The van der Waals surface area contributed by atoms with E-state index < -0.39 is 169 Å². The maximum absolute atomic E-state index is 14.9. The molecule has 3 saturated heterocycles. The number of nitrogens with zero attached hydrogens (tertiary/aromatic N) is 5. The van der Waals surface area contributed by atoms with Gasteiger partial charge >= 0.3 is 11.9 Å². The lowest BCUT2D eigenvalue weighted by molar-refractivity contribution is -0.167. The molecule has 3 aliphatic rings. The third kappa shape index (κ3) is 17.4. The summed E-state index contributed by atoms with van der Waals surface area (Å²) in [6.45, 7) is 13.2. The first-order valence-corrected chi connectivity index (χ1v) is 28.5. The van der Waals surface area contributed by atoms with Crippen molar-refractivity contribution >= 4 is 71.0 Å². The maximum atomic E-state index is 14.9. The predicted molar refractivity (Wildman–Crippen MR) is 296 cm³/mol. The summed E-state index contributed by atoms with van der Waals surface area (Å²) in [7, 11) is 3.96. The Morgan fingerprint density at radius 3 is 1.79 bits per heavy atom. The number of carboxylic acid groups (broad SMARTS) is 1. The van der Waals surface area contributed by atoms with Crippen LogP contribution in [-0.4, -0.2) is 196 Å². The summed E-state index contributed by atoms with van der Waals surface area (Å²) in [6.07, 6.45) is -0.910. The van der Waals surface area contributed by atoms with Crippen molar-refractivity contribution in [3.63, 3.8) is 0 Å². The number of carbonyl (C=O) groups is 12. The average molecular weight is 1140 g/mol. The van der Waals surface area contributed by atoms with Crippen LogP contribution in [0.4, 0.5) is 0 Å². The molecule has 0 aliphatic carbocycles. The van der Waals surface area contributed by atoms with Gasteiger partial charge in [0.1, 0.15) is 48.3 Å². The van der Waals surface area contributed by atoms with Crippen molar-refractivity contribution in [1.29, 1.82) is 0 Å². The second-order valence-electron chi connectivity index (χ2n) is 22.6. The van der Waals surface area contributed by atoms with Crippen LogP contribution < -0.4 is 27.0 Å². The van der Waals surface area contributed by atoms with Crippen molar-refractivity contribution in [2.75, 3.05) is 40.8 Å². The smallest absolute Gasteiger partial charge is 0.329 e. The van der Waals surface area contributed by atoms with Gasteiger partial charge in [-0.05, 0) is 74.7 Å². The van der Waals surface area contributed by atoms with E-state index in [9.17, 15) is 62.6 Å². The van der Waals surface area contributed by atoms with Crippen LogP contribution >= 0.6 is 0 Å². The Balaban J connectivity index is 1.87.